The molecule has 0 aliphatic carbocycles. The smallest absolute Gasteiger partial charge is 0.262 e. The van der Waals surface area contributed by atoms with E-state index >= 15 is 0 Å². The molecule has 0 unspecified atom stereocenters. The van der Waals surface area contributed by atoms with Gasteiger partial charge in [-0.1, -0.05) is 24.3 Å². The molecule has 0 heterocycles. The molecule has 0 aliphatic rings. The van der Waals surface area contributed by atoms with Crippen LogP contribution in [0.25, 0.3) is 0 Å². The Morgan fingerprint density at radius 1 is 1.00 bits per heavy atom. The summed E-state index contributed by atoms with van der Waals surface area (Å²) in [5.41, 5.74) is 6.35. The van der Waals surface area contributed by atoms with Crippen LogP contribution in [0.1, 0.15) is 27.8 Å². The van der Waals surface area contributed by atoms with E-state index in [-0.39, 0.29) is 12.5 Å². The highest BCUT2D eigenvalue weighted by Crippen LogP contribution is 2.23. The van der Waals surface area contributed by atoms with Crippen molar-refractivity contribution in [3.05, 3.63) is 58.1 Å². The third-order valence-electron chi connectivity index (χ3n) is 3.87. The number of amides is 1. The Morgan fingerprint density at radius 3 is 2.27 bits per heavy atom. The van der Waals surface area contributed by atoms with Crippen LogP contribution < -0.4 is 10.1 Å². The number of rotatable bonds is 4. The molecule has 3 nitrogen and oxygen atoms in total. The molecule has 1 amide bonds. The van der Waals surface area contributed by atoms with Crippen molar-refractivity contribution < 1.29 is 9.53 Å². The van der Waals surface area contributed by atoms with E-state index in [4.69, 9.17) is 4.74 Å². The topological polar surface area (TPSA) is 38.3 Å². The molecule has 0 saturated carbocycles. The number of nitrogens with one attached hydrogen (secondary N) is 1. The van der Waals surface area contributed by atoms with Gasteiger partial charge in [0, 0.05) is 5.69 Å². The molecule has 0 atom stereocenters. The largest absolute Gasteiger partial charge is 0.483 e. The van der Waals surface area contributed by atoms with Gasteiger partial charge in [0.15, 0.2) is 6.61 Å². The molecule has 3 heteroatoms. The second kappa shape index (κ2) is 6.65. The predicted octanol–water partition coefficient (Wildman–Crippen LogP) is 4.25. The fourth-order valence-electron chi connectivity index (χ4n) is 2.48. The summed E-state index contributed by atoms with van der Waals surface area (Å²) in [4.78, 5) is 12.1. The lowest BCUT2D eigenvalue weighted by molar-refractivity contribution is -0.118. The fraction of sp³-hybridized carbons (Fsp3) is 0.316. The van der Waals surface area contributed by atoms with E-state index in [9.17, 15) is 4.79 Å². The van der Waals surface area contributed by atoms with Crippen molar-refractivity contribution >= 4 is 11.6 Å². The number of para-hydroxylation sites is 1. The van der Waals surface area contributed by atoms with E-state index in [1.165, 1.54) is 5.56 Å². The third-order valence-corrected chi connectivity index (χ3v) is 3.87. The van der Waals surface area contributed by atoms with Crippen LogP contribution in [0, 0.1) is 34.6 Å². The van der Waals surface area contributed by atoms with E-state index in [0.29, 0.717) is 0 Å². The van der Waals surface area contributed by atoms with Crippen molar-refractivity contribution in [2.45, 2.75) is 34.6 Å². The van der Waals surface area contributed by atoms with Gasteiger partial charge in [-0.2, -0.15) is 0 Å². The minimum atomic E-state index is -0.143. The van der Waals surface area contributed by atoms with Crippen molar-refractivity contribution in [1.82, 2.24) is 0 Å². The molecular weight excluding hydrogens is 274 g/mol. The maximum Gasteiger partial charge on any atom is 0.262 e. The molecule has 0 radical (unpaired) electrons. The Morgan fingerprint density at radius 2 is 1.64 bits per heavy atom. The highest BCUT2D eigenvalue weighted by atomic mass is 16.5. The number of ether oxygens (including phenoxy) is 1. The monoisotopic (exact) mass is 297 g/mol. The van der Waals surface area contributed by atoms with E-state index < -0.39 is 0 Å². The summed E-state index contributed by atoms with van der Waals surface area (Å²) < 4.78 is 5.70. The van der Waals surface area contributed by atoms with Gasteiger partial charge in [-0.05, 0) is 68.5 Å². The van der Waals surface area contributed by atoms with Crippen molar-refractivity contribution in [3.63, 3.8) is 0 Å². The van der Waals surface area contributed by atoms with Crippen molar-refractivity contribution in [2.75, 3.05) is 11.9 Å². The van der Waals surface area contributed by atoms with Crippen LogP contribution in [-0.2, 0) is 4.79 Å². The highest BCUT2D eigenvalue weighted by molar-refractivity contribution is 5.93. The zero-order valence-corrected chi connectivity index (χ0v) is 13.9. The first-order valence-corrected chi connectivity index (χ1v) is 7.45. The Labute approximate surface area is 132 Å². The molecule has 2 aromatic carbocycles. The number of carbonyl (C=O) groups is 1. The fourth-order valence-corrected chi connectivity index (χ4v) is 2.48. The maximum absolute atomic E-state index is 12.1. The first-order valence-electron chi connectivity index (χ1n) is 7.45. The number of hydrogen-bond donors (Lipinski definition) is 1. The van der Waals surface area contributed by atoms with Crippen LogP contribution in [0.2, 0.25) is 0 Å². The second-order valence-corrected chi connectivity index (χ2v) is 5.81. The maximum atomic E-state index is 12.1. The van der Waals surface area contributed by atoms with Gasteiger partial charge in [0.05, 0.1) is 0 Å². The Hall–Kier alpha value is -2.29. The van der Waals surface area contributed by atoms with E-state index in [1.54, 1.807) is 0 Å². The quantitative estimate of drug-likeness (QED) is 0.916. The van der Waals surface area contributed by atoms with Gasteiger partial charge in [0.1, 0.15) is 5.75 Å². The van der Waals surface area contributed by atoms with Gasteiger partial charge in [0.2, 0.25) is 0 Å². The summed E-state index contributed by atoms with van der Waals surface area (Å²) in [6, 6.07) is 10.0. The standard InChI is InChI=1S/C19H23NO2/c1-12-9-15(4)16(5)17(10-12)22-11-18(21)20-19-13(2)7-6-8-14(19)3/h6-10H,11H2,1-5H3,(H,20,21). The lowest BCUT2D eigenvalue weighted by Gasteiger charge is -2.14. The summed E-state index contributed by atoms with van der Waals surface area (Å²) in [5.74, 6) is 0.630. The molecule has 0 aromatic heterocycles. The second-order valence-electron chi connectivity index (χ2n) is 5.81. The highest BCUT2D eigenvalue weighted by Gasteiger charge is 2.10. The first kappa shape index (κ1) is 16.1. The molecule has 0 bridgehead atoms. The summed E-state index contributed by atoms with van der Waals surface area (Å²) in [6.45, 7) is 10.1. The predicted molar refractivity (Wildman–Crippen MR) is 90.7 cm³/mol. The van der Waals surface area contributed by atoms with Crippen LogP contribution in [0.3, 0.4) is 0 Å². The van der Waals surface area contributed by atoms with E-state index in [1.807, 2.05) is 58.9 Å². The Kier molecular flexibility index (Phi) is 4.86. The molecule has 2 aromatic rings. The van der Waals surface area contributed by atoms with Crippen LogP contribution in [-0.4, -0.2) is 12.5 Å². The average molecular weight is 297 g/mol. The lowest BCUT2D eigenvalue weighted by Crippen LogP contribution is -2.21. The van der Waals surface area contributed by atoms with Crippen LogP contribution >= 0.6 is 0 Å². The van der Waals surface area contributed by atoms with Gasteiger partial charge >= 0.3 is 0 Å². The summed E-state index contributed by atoms with van der Waals surface area (Å²) in [6.07, 6.45) is 0. The summed E-state index contributed by atoms with van der Waals surface area (Å²) in [5, 5.41) is 2.93. The normalized spacial score (nSPS) is 10.4. The van der Waals surface area contributed by atoms with E-state index in [0.717, 1.165) is 33.7 Å². The summed E-state index contributed by atoms with van der Waals surface area (Å²) in [7, 11) is 0. The lowest BCUT2D eigenvalue weighted by atomic mass is 10.1. The number of anilines is 1. The van der Waals surface area contributed by atoms with Crippen molar-refractivity contribution in [1.29, 1.82) is 0 Å². The van der Waals surface area contributed by atoms with Gasteiger partial charge in [-0.3, -0.25) is 4.79 Å². The minimum Gasteiger partial charge on any atom is -0.483 e. The van der Waals surface area contributed by atoms with Gasteiger partial charge in [-0.15, -0.1) is 0 Å². The number of aryl methyl sites for hydroxylation is 4. The van der Waals surface area contributed by atoms with Gasteiger partial charge in [-0.25, -0.2) is 0 Å². The molecule has 2 rings (SSSR count). The van der Waals surface area contributed by atoms with Gasteiger partial charge in [0.25, 0.3) is 5.91 Å². The molecule has 0 spiro atoms. The zero-order valence-electron chi connectivity index (χ0n) is 13.9. The van der Waals surface area contributed by atoms with Crippen molar-refractivity contribution in [3.8, 4) is 5.75 Å². The minimum absolute atomic E-state index is 0.0114. The van der Waals surface area contributed by atoms with E-state index in [2.05, 4.69) is 11.4 Å². The number of hydrogen-bond acceptors (Lipinski definition) is 2. The van der Waals surface area contributed by atoms with Crippen molar-refractivity contribution in [2.24, 2.45) is 0 Å². The average Bonchev–Trinajstić information content (AvgIpc) is 2.45. The Bertz CT molecular complexity index is 685. The first-order chi connectivity index (χ1) is 10.4. The molecule has 0 saturated heterocycles. The molecule has 116 valence electrons. The Balaban J connectivity index is 2.05. The number of carbonyl (C=O) groups excluding carboxylic acids is 1. The molecule has 22 heavy (non-hydrogen) atoms. The molecular formula is C19H23NO2. The van der Waals surface area contributed by atoms with Crippen LogP contribution in [0.5, 0.6) is 5.75 Å². The third kappa shape index (κ3) is 3.67. The van der Waals surface area contributed by atoms with Crippen LogP contribution in [0.4, 0.5) is 5.69 Å². The SMILES string of the molecule is Cc1cc(C)c(C)c(OCC(=O)Nc2c(C)cccc2C)c1. The molecule has 0 fully saturated rings. The zero-order chi connectivity index (χ0) is 16.3. The number of benzene rings is 2. The van der Waals surface area contributed by atoms with Crippen LogP contribution in [0.15, 0.2) is 30.3 Å². The molecule has 0 aliphatic heterocycles. The van der Waals surface area contributed by atoms with Gasteiger partial charge < -0.3 is 10.1 Å². The summed E-state index contributed by atoms with van der Waals surface area (Å²) >= 11 is 0. The molecule has 1 N–H and O–H groups in total.